The zero-order valence-electron chi connectivity index (χ0n) is 12.8. The van der Waals surface area contributed by atoms with E-state index < -0.39 is 15.3 Å². The molecule has 120 valence electrons. The van der Waals surface area contributed by atoms with Crippen LogP contribution < -0.4 is 9.88 Å². The molecule has 2 rings (SSSR count). The van der Waals surface area contributed by atoms with E-state index in [1.165, 1.54) is 6.33 Å². The van der Waals surface area contributed by atoms with Gasteiger partial charge in [-0.25, -0.2) is 18.5 Å². The van der Waals surface area contributed by atoms with Gasteiger partial charge in [-0.15, -0.1) is 0 Å². The fourth-order valence-electron chi connectivity index (χ4n) is 2.35. The van der Waals surface area contributed by atoms with Crippen LogP contribution in [0.5, 0.6) is 5.75 Å². The van der Waals surface area contributed by atoms with Crippen LogP contribution in [0.3, 0.4) is 0 Å². The smallest absolute Gasteiger partial charge is 0.212 e. The number of sulfonamides is 1. The Morgan fingerprint density at radius 3 is 2.41 bits per heavy atom. The van der Waals surface area contributed by atoms with Crippen molar-refractivity contribution in [3.63, 3.8) is 0 Å². The van der Waals surface area contributed by atoms with Crippen LogP contribution in [0.1, 0.15) is 24.2 Å². The molecule has 0 fully saturated rings. The molecule has 0 aliphatic rings. The van der Waals surface area contributed by atoms with E-state index in [0.29, 0.717) is 12.2 Å². The molecule has 0 spiro atoms. The van der Waals surface area contributed by atoms with Gasteiger partial charge in [-0.3, -0.25) is 4.68 Å². The van der Waals surface area contributed by atoms with E-state index in [9.17, 15) is 8.42 Å². The van der Waals surface area contributed by atoms with Crippen molar-refractivity contribution >= 4 is 10.0 Å². The molecule has 2 aromatic rings. The minimum Gasteiger partial charge on any atom is -0.497 e. The van der Waals surface area contributed by atoms with Gasteiger partial charge in [0.25, 0.3) is 0 Å². The number of nitrogens with zero attached hydrogens (tertiary/aromatic N) is 3. The number of nitrogens with two attached hydrogens (primary N) is 1. The second kappa shape index (κ2) is 6.45. The zero-order chi connectivity index (χ0) is 16.3. The summed E-state index contributed by atoms with van der Waals surface area (Å²) >= 11 is 0. The molecule has 0 radical (unpaired) electrons. The van der Waals surface area contributed by atoms with Crippen molar-refractivity contribution in [1.29, 1.82) is 0 Å². The third-order valence-corrected chi connectivity index (χ3v) is 5.14. The summed E-state index contributed by atoms with van der Waals surface area (Å²) in [5, 5.41) is 8.58. The number of benzene rings is 1. The Labute approximate surface area is 130 Å². The maximum absolute atomic E-state index is 11.8. The van der Waals surface area contributed by atoms with Crippen molar-refractivity contribution in [2.45, 2.75) is 24.5 Å². The highest BCUT2D eigenvalue weighted by Gasteiger charge is 2.31. The zero-order valence-corrected chi connectivity index (χ0v) is 13.6. The largest absolute Gasteiger partial charge is 0.497 e. The Balaban J connectivity index is 2.34. The van der Waals surface area contributed by atoms with Gasteiger partial charge in [0, 0.05) is 13.0 Å². The summed E-state index contributed by atoms with van der Waals surface area (Å²) in [6.07, 6.45) is 1.90. The molecule has 1 heterocycles. The highest BCUT2D eigenvalue weighted by molar-refractivity contribution is 7.89. The van der Waals surface area contributed by atoms with Crippen LogP contribution in [-0.2, 0) is 23.5 Å². The molecule has 2 unspecified atom stereocenters. The summed E-state index contributed by atoms with van der Waals surface area (Å²) in [5.74, 6) is 0.965. The molecular weight excluding hydrogens is 304 g/mol. The first kappa shape index (κ1) is 16.4. The summed E-state index contributed by atoms with van der Waals surface area (Å²) in [7, 11) is -0.351. The van der Waals surface area contributed by atoms with Crippen molar-refractivity contribution in [3.05, 3.63) is 42.0 Å². The normalized spacial score (nSPS) is 14.5. The molecule has 0 aliphatic heterocycles. The lowest BCUT2D eigenvalue weighted by atomic mass is 9.95. The van der Waals surface area contributed by atoms with Crippen LogP contribution in [-0.4, -0.2) is 35.5 Å². The van der Waals surface area contributed by atoms with Crippen molar-refractivity contribution in [3.8, 4) is 5.75 Å². The minimum absolute atomic E-state index is 0.379. The predicted octanol–water partition coefficient (Wildman–Crippen LogP) is 0.827. The number of methoxy groups -OCH3 is 1. The fraction of sp³-hybridized carbons (Fsp3) is 0.429. The van der Waals surface area contributed by atoms with Gasteiger partial charge in [-0.1, -0.05) is 12.1 Å². The second-order valence-corrected chi connectivity index (χ2v) is 7.12. The van der Waals surface area contributed by atoms with E-state index in [-0.39, 0.29) is 5.92 Å². The lowest BCUT2D eigenvalue weighted by molar-refractivity contribution is 0.414. The topological polar surface area (TPSA) is 100 Å². The van der Waals surface area contributed by atoms with Gasteiger partial charge in [0.05, 0.1) is 12.4 Å². The van der Waals surface area contributed by atoms with Gasteiger partial charge in [-0.2, -0.15) is 5.10 Å². The van der Waals surface area contributed by atoms with Crippen LogP contribution in [0.4, 0.5) is 0 Å². The lowest BCUT2D eigenvalue weighted by Crippen LogP contribution is -2.33. The molecule has 0 amide bonds. The molecule has 1 aromatic carbocycles. The summed E-state index contributed by atoms with van der Waals surface area (Å²) in [4.78, 5) is 4.19. The third-order valence-electron chi connectivity index (χ3n) is 3.78. The Hall–Kier alpha value is -1.93. The summed E-state index contributed by atoms with van der Waals surface area (Å²) < 4.78 is 30.2. The molecule has 0 bridgehead atoms. The number of rotatable bonds is 6. The monoisotopic (exact) mass is 324 g/mol. The first-order valence-corrected chi connectivity index (χ1v) is 8.42. The molecule has 0 aliphatic carbocycles. The van der Waals surface area contributed by atoms with Gasteiger partial charge in [0.1, 0.15) is 17.9 Å². The lowest BCUT2D eigenvalue weighted by Gasteiger charge is -2.21. The van der Waals surface area contributed by atoms with Gasteiger partial charge < -0.3 is 4.74 Å². The first-order valence-electron chi connectivity index (χ1n) is 6.81. The number of ether oxygens (including phenoxy) is 1. The van der Waals surface area contributed by atoms with Crippen LogP contribution in [0, 0.1) is 0 Å². The van der Waals surface area contributed by atoms with Gasteiger partial charge in [-0.05, 0) is 31.0 Å². The molecule has 0 saturated heterocycles. The van der Waals surface area contributed by atoms with Crippen LogP contribution in [0.25, 0.3) is 0 Å². The quantitative estimate of drug-likeness (QED) is 0.848. The maximum atomic E-state index is 11.8. The van der Waals surface area contributed by atoms with Gasteiger partial charge in [0.15, 0.2) is 0 Å². The Morgan fingerprint density at radius 1 is 1.32 bits per heavy atom. The van der Waals surface area contributed by atoms with Crippen molar-refractivity contribution in [2.24, 2.45) is 12.2 Å². The Bertz CT molecular complexity index is 725. The molecule has 0 saturated carbocycles. The molecule has 22 heavy (non-hydrogen) atoms. The minimum atomic E-state index is -3.68. The number of hydrogen-bond acceptors (Lipinski definition) is 5. The van der Waals surface area contributed by atoms with E-state index in [1.807, 2.05) is 24.3 Å². The summed E-state index contributed by atoms with van der Waals surface area (Å²) in [5.41, 5.74) is 0.976. The standard InChI is InChI=1S/C14H20N4O3S/c1-10(22(15,19)20)13(14-16-9-17-18(14)2)8-11-4-6-12(21-3)7-5-11/h4-7,9-10,13H,8H2,1-3H3,(H2,15,19,20). The molecule has 2 N–H and O–H groups in total. The third kappa shape index (κ3) is 3.63. The molecule has 2 atom stereocenters. The van der Waals surface area contributed by atoms with Crippen LogP contribution in [0.15, 0.2) is 30.6 Å². The van der Waals surface area contributed by atoms with Crippen LogP contribution >= 0.6 is 0 Å². The average molecular weight is 324 g/mol. The van der Waals surface area contributed by atoms with E-state index >= 15 is 0 Å². The average Bonchev–Trinajstić information content (AvgIpc) is 2.90. The number of primary sulfonamides is 1. The maximum Gasteiger partial charge on any atom is 0.212 e. The van der Waals surface area contributed by atoms with E-state index in [0.717, 1.165) is 11.3 Å². The SMILES string of the molecule is COc1ccc(CC(c2ncnn2C)C(C)S(N)(=O)=O)cc1. The number of aryl methyl sites for hydroxylation is 1. The van der Waals surface area contributed by atoms with E-state index in [4.69, 9.17) is 9.88 Å². The van der Waals surface area contributed by atoms with E-state index in [2.05, 4.69) is 10.1 Å². The highest BCUT2D eigenvalue weighted by Crippen LogP contribution is 2.26. The summed E-state index contributed by atoms with van der Waals surface area (Å²) in [6, 6.07) is 7.48. The van der Waals surface area contributed by atoms with Crippen molar-refractivity contribution < 1.29 is 13.2 Å². The fourth-order valence-corrected chi connectivity index (χ4v) is 3.03. The van der Waals surface area contributed by atoms with Crippen molar-refractivity contribution in [2.75, 3.05) is 7.11 Å². The Kier molecular flexibility index (Phi) is 4.82. The Morgan fingerprint density at radius 2 is 1.95 bits per heavy atom. The summed E-state index contributed by atoms with van der Waals surface area (Å²) in [6.45, 7) is 1.60. The van der Waals surface area contributed by atoms with E-state index in [1.54, 1.807) is 25.8 Å². The van der Waals surface area contributed by atoms with Gasteiger partial charge >= 0.3 is 0 Å². The number of hydrogen-bond donors (Lipinski definition) is 1. The van der Waals surface area contributed by atoms with Crippen LogP contribution in [0.2, 0.25) is 0 Å². The number of aromatic nitrogens is 3. The molecule has 1 aromatic heterocycles. The van der Waals surface area contributed by atoms with Crippen molar-refractivity contribution in [1.82, 2.24) is 14.8 Å². The molecule has 7 nitrogen and oxygen atoms in total. The predicted molar refractivity (Wildman–Crippen MR) is 83.0 cm³/mol. The first-order chi connectivity index (χ1) is 10.3. The molecular formula is C14H20N4O3S. The second-order valence-electron chi connectivity index (χ2n) is 5.19. The highest BCUT2D eigenvalue weighted by atomic mass is 32.2. The van der Waals surface area contributed by atoms with Gasteiger partial charge in [0.2, 0.25) is 10.0 Å². The molecule has 8 heteroatoms.